The highest BCUT2D eigenvalue weighted by molar-refractivity contribution is 7.93. The lowest BCUT2D eigenvalue weighted by atomic mass is 10.7. The summed E-state index contributed by atoms with van der Waals surface area (Å²) in [7, 11) is -3.68. The van der Waals surface area contributed by atoms with Gasteiger partial charge in [-0.1, -0.05) is 0 Å². The van der Waals surface area contributed by atoms with E-state index in [4.69, 9.17) is 5.73 Å². The maximum atomic E-state index is 11.7. The third-order valence-electron chi connectivity index (χ3n) is 1.61. The molecule has 2 aromatic rings. The van der Waals surface area contributed by atoms with Crippen LogP contribution >= 0.6 is 11.3 Å². The molecule has 2 aromatic heterocycles. The summed E-state index contributed by atoms with van der Waals surface area (Å²) >= 11 is 1.18. The molecule has 7 nitrogen and oxygen atoms in total. The molecule has 0 aromatic carbocycles. The summed E-state index contributed by atoms with van der Waals surface area (Å²) in [5.41, 5.74) is 5.26. The number of nitrogens with zero attached hydrogens (tertiary/aromatic N) is 3. The average Bonchev–Trinajstić information content (AvgIpc) is 2.70. The van der Waals surface area contributed by atoms with E-state index in [0.717, 1.165) is 12.4 Å². The van der Waals surface area contributed by atoms with E-state index >= 15 is 0 Å². The molecular formula is C7H7N5O2S2. The molecule has 0 amide bonds. The van der Waals surface area contributed by atoms with Crippen molar-refractivity contribution in [3.8, 4) is 0 Å². The summed E-state index contributed by atoms with van der Waals surface area (Å²) in [6.45, 7) is 0. The second-order valence-corrected chi connectivity index (χ2v) is 5.30. The summed E-state index contributed by atoms with van der Waals surface area (Å²) in [6.07, 6.45) is 3.78. The number of hydrogen-bond acceptors (Lipinski definition) is 7. The minimum absolute atomic E-state index is 0.0215. The van der Waals surface area contributed by atoms with Gasteiger partial charge >= 0.3 is 0 Å². The monoisotopic (exact) mass is 257 g/mol. The Hall–Kier alpha value is -1.74. The first-order valence-electron chi connectivity index (χ1n) is 4.08. The molecule has 0 spiro atoms. The molecule has 0 aliphatic heterocycles. The summed E-state index contributed by atoms with van der Waals surface area (Å²) in [5, 5.41) is 1.95. The number of anilines is 2. The zero-order valence-corrected chi connectivity index (χ0v) is 9.49. The first kappa shape index (κ1) is 10.8. The molecule has 0 fully saturated rings. The van der Waals surface area contributed by atoms with Crippen LogP contribution in [-0.4, -0.2) is 23.4 Å². The van der Waals surface area contributed by atoms with Crippen molar-refractivity contribution in [2.24, 2.45) is 0 Å². The van der Waals surface area contributed by atoms with Crippen molar-refractivity contribution in [1.29, 1.82) is 0 Å². The molecule has 0 radical (unpaired) electrons. The Labute approximate surface area is 95.4 Å². The van der Waals surface area contributed by atoms with Crippen LogP contribution < -0.4 is 10.5 Å². The summed E-state index contributed by atoms with van der Waals surface area (Å²) in [4.78, 5) is 11.0. The largest absolute Gasteiger partial charge is 0.368 e. The summed E-state index contributed by atoms with van der Waals surface area (Å²) in [5.74, 6) is 0.0215. The lowest BCUT2D eigenvalue weighted by Gasteiger charge is -2.03. The van der Waals surface area contributed by atoms with Crippen molar-refractivity contribution in [2.75, 3.05) is 10.5 Å². The van der Waals surface area contributed by atoms with Gasteiger partial charge in [-0.3, -0.25) is 4.72 Å². The van der Waals surface area contributed by atoms with Gasteiger partial charge in [0.05, 0.1) is 12.4 Å². The van der Waals surface area contributed by atoms with Gasteiger partial charge in [0.25, 0.3) is 10.0 Å². The van der Waals surface area contributed by atoms with Gasteiger partial charge in [0, 0.05) is 11.6 Å². The van der Waals surface area contributed by atoms with E-state index < -0.39 is 10.0 Å². The van der Waals surface area contributed by atoms with Gasteiger partial charge in [-0.2, -0.15) is 0 Å². The first-order chi connectivity index (χ1) is 7.58. The molecule has 0 bridgehead atoms. The van der Waals surface area contributed by atoms with Gasteiger partial charge < -0.3 is 5.73 Å². The van der Waals surface area contributed by atoms with Crippen LogP contribution in [0.2, 0.25) is 0 Å². The van der Waals surface area contributed by atoms with Crippen LogP contribution in [0.5, 0.6) is 0 Å². The van der Waals surface area contributed by atoms with Gasteiger partial charge in [-0.15, -0.1) is 11.3 Å². The molecule has 9 heteroatoms. The number of nitrogens with one attached hydrogen (secondary N) is 1. The number of nitrogens with two attached hydrogens (primary N) is 1. The zero-order chi connectivity index (χ0) is 11.6. The van der Waals surface area contributed by atoms with E-state index in [9.17, 15) is 8.42 Å². The smallest absolute Gasteiger partial charge is 0.266 e. The average molecular weight is 257 g/mol. The molecule has 0 aliphatic rings. The predicted molar refractivity (Wildman–Crippen MR) is 59.4 cm³/mol. The summed E-state index contributed by atoms with van der Waals surface area (Å²) < 4.78 is 25.8. The molecule has 0 aliphatic carbocycles. The van der Waals surface area contributed by atoms with Crippen LogP contribution in [0.25, 0.3) is 0 Å². The number of thiazole rings is 1. The number of hydrogen-bond donors (Lipinski definition) is 2. The quantitative estimate of drug-likeness (QED) is 0.819. The molecule has 16 heavy (non-hydrogen) atoms. The third-order valence-corrected chi connectivity index (χ3v) is 3.72. The van der Waals surface area contributed by atoms with Crippen LogP contribution in [0.4, 0.5) is 11.1 Å². The Bertz CT molecular complexity index is 563. The van der Waals surface area contributed by atoms with Crippen molar-refractivity contribution in [2.45, 2.75) is 4.90 Å². The molecule has 0 saturated heterocycles. The van der Waals surface area contributed by atoms with Gasteiger partial charge in [0.1, 0.15) is 4.90 Å². The Morgan fingerprint density at radius 3 is 2.50 bits per heavy atom. The van der Waals surface area contributed by atoms with E-state index in [1.807, 2.05) is 0 Å². The SMILES string of the molecule is Nc1ncc(S(=O)(=O)Nc2nccs2)cn1. The fourth-order valence-electron chi connectivity index (χ4n) is 0.913. The van der Waals surface area contributed by atoms with Crippen molar-refractivity contribution >= 4 is 32.4 Å². The van der Waals surface area contributed by atoms with Gasteiger partial charge in [-0.05, 0) is 0 Å². The van der Waals surface area contributed by atoms with Crippen LogP contribution in [-0.2, 0) is 10.0 Å². The highest BCUT2D eigenvalue weighted by Gasteiger charge is 2.16. The van der Waals surface area contributed by atoms with Gasteiger partial charge in [0.15, 0.2) is 5.13 Å². The van der Waals surface area contributed by atoms with Crippen LogP contribution in [0.15, 0.2) is 28.9 Å². The summed E-state index contributed by atoms with van der Waals surface area (Å²) in [6, 6.07) is 0. The maximum absolute atomic E-state index is 11.7. The molecule has 84 valence electrons. The number of sulfonamides is 1. The fraction of sp³-hybridized carbons (Fsp3) is 0. The third kappa shape index (κ3) is 2.25. The normalized spacial score (nSPS) is 11.2. The van der Waals surface area contributed by atoms with Gasteiger partial charge in [0.2, 0.25) is 5.95 Å². The van der Waals surface area contributed by atoms with Crippen LogP contribution in [0.1, 0.15) is 0 Å². The highest BCUT2D eigenvalue weighted by atomic mass is 32.2. The Balaban J connectivity index is 2.29. The first-order valence-corrected chi connectivity index (χ1v) is 6.44. The number of rotatable bonds is 3. The second kappa shape index (κ2) is 4.02. The predicted octanol–water partition coefficient (Wildman–Crippen LogP) is 0.316. The maximum Gasteiger partial charge on any atom is 0.266 e. The fourth-order valence-corrected chi connectivity index (χ4v) is 2.59. The van der Waals surface area contributed by atoms with Crippen molar-refractivity contribution in [3.63, 3.8) is 0 Å². The van der Waals surface area contributed by atoms with E-state index in [1.54, 1.807) is 5.38 Å². The lowest BCUT2D eigenvalue weighted by molar-refractivity contribution is 0.600. The highest BCUT2D eigenvalue weighted by Crippen LogP contribution is 2.16. The van der Waals surface area contributed by atoms with E-state index in [1.165, 1.54) is 17.5 Å². The minimum atomic E-state index is -3.68. The minimum Gasteiger partial charge on any atom is -0.368 e. The van der Waals surface area contributed by atoms with E-state index in [-0.39, 0.29) is 16.0 Å². The van der Waals surface area contributed by atoms with E-state index in [2.05, 4.69) is 19.7 Å². The number of aromatic nitrogens is 3. The lowest BCUT2D eigenvalue weighted by Crippen LogP contribution is -2.13. The molecule has 3 N–H and O–H groups in total. The Kier molecular flexibility index (Phi) is 2.71. The second-order valence-electron chi connectivity index (χ2n) is 2.72. The standard InChI is InChI=1S/C7H7N5O2S2/c8-6-10-3-5(4-11-6)16(13,14)12-7-9-1-2-15-7/h1-4H,(H,9,12)(H2,8,10,11). The molecule has 2 rings (SSSR count). The van der Waals surface area contributed by atoms with Gasteiger partial charge in [-0.25, -0.2) is 23.4 Å². The molecule has 0 atom stereocenters. The molecule has 0 saturated carbocycles. The van der Waals surface area contributed by atoms with Crippen molar-refractivity contribution in [1.82, 2.24) is 15.0 Å². The molecule has 2 heterocycles. The Morgan fingerprint density at radius 2 is 1.94 bits per heavy atom. The zero-order valence-electron chi connectivity index (χ0n) is 7.86. The molecular weight excluding hydrogens is 250 g/mol. The van der Waals surface area contributed by atoms with Crippen molar-refractivity contribution < 1.29 is 8.42 Å². The van der Waals surface area contributed by atoms with E-state index in [0.29, 0.717) is 0 Å². The topological polar surface area (TPSA) is 111 Å². The van der Waals surface area contributed by atoms with Crippen LogP contribution in [0, 0.1) is 0 Å². The molecule has 0 unspecified atom stereocenters. The van der Waals surface area contributed by atoms with Crippen LogP contribution in [0.3, 0.4) is 0 Å². The number of nitrogen functional groups attached to an aromatic ring is 1. The van der Waals surface area contributed by atoms with Crippen molar-refractivity contribution in [3.05, 3.63) is 24.0 Å². The Morgan fingerprint density at radius 1 is 1.25 bits per heavy atom.